The van der Waals surface area contributed by atoms with E-state index in [1.54, 1.807) is 0 Å². The number of rotatable bonds is 3. The zero-order valence-electron chi connectivity index (χ0n) is 11.9. The number of aliphatic hydroxyl groups is 1. The van der Waals surface area contributed by atoms with Crippen LogP contribution in [0.3, 0.4) is 0 Å². The summed E-state index contributed by atoms with van der Waals surface area (Å²) in [4.78, 5) is 0. The Labute approximate surface area is 129 Å². The molecule has 1 fully saturated rings. The first-order valence-corrected chi connectivity index (χ1v) is 8.62. The SMILES string of the molecule is OC1CCC(CCC2CCOc3cc(Br)ccc32)CC1. The lowest BCUT2D eigenvalue weighted by Gasteiger charge is -2.29. The Morgan fingerprint density at radius 3 is 2.70 bits per heavy atom. The Bertz CT molecular complexity index is 452. The Balaban J connectivity index is 1.59. The number of fused-ring (bicyclic) bond motifs is 1. The highest BCUT2D eigenvalue weighted by Crippen LogP contribution is 2.39. The molecule has 3 rings (SSSR count). The number of ether oxygens (including phenoxy) is 1. The molecule has 3 heteroatoms. The van der Waals surface area contributed by atoms with Gasteiger partial charge >= 0.3 is 0 Å². The Hall–Kier alpha value is -0.540. The summed E-state index contributed by atoms with van der Waals surface area (Å²) in [5.41, 5.74) is 1.38. The van der Waals surface area contributed by atoms with Gasteiger partial charge in [-0.2, -0.15) is 0 Å². The first-order valence-electron chi connectivity index (χ1n) is 7.82. The lowest BCUT2D eigenvalue weighted by Crippen LogP contribution is -2.20. The smallest absolute Gasteiger partial charge is 0.123 e. The fourth-order valence-corrected chi connectivity index (χ4v) is 3.95. The average molecular weight is 339 g/mol. The van der Waals surface area contributed by atoms with Gasteiger partial charge in [0.2, 0.25) is 0 Å². The van der Waals surface area contributed by atoms with Crippen LogP contribution in [0.5, 0.6) is 5.75 Å². The maximum atomic E-state index is 9.58. The third kappa shape index (κ3) is 3.37. The minimum Gasteiger partial charge on any atom is -0.493 e. The minimum atomic E-state index is -0.0348. The molecule has 0 amide bonds. The molecule has 1 aromatic rings. The highest BCUT2D eigenvalue weighted by molar-refractivity contribution is 9.10. The summed E-state index contributed by atoms with van der Waals surface area (Å²) in [6.45, 7) is 0.845. The fraction of sp³-hybridized carbons (Fsp3) is 0.647. The van der Waals surface area contributed by atoms with E-state index in [1.165, 1.54) is 31.2 Å². The van der Waals surface area contributed by atoms with Crippen molar-refractivity contribution in [3.05, 3.63) is 28.2 Å². The lowest BCUT2D eigenvalue weighted by atomic mass is 9.80. The monoisotopic (exact) mass is 338 g/mol. The third-order valence-corrected chi connectivity index (χ3v) is 5.37. The summed E-state index contributed by atoms with van der Waals surface area (Å²) in [6.07, 6.45) is 8.08. The quantitative estimate of drug-likeness (QED) is 0.869. The number of benzene rings is 1. The Morgan fingerprint density at radius 2 is 1.90 bits per heavy atom. The van der Waals surface area contributed by atoms with Crippen molar-refractivity contribution in [2.24, 2.45) is 5.92 Å². The van der Waals surface area contributed by atoms with E-state index in [9.17, 15) is 5.11 Å². The molecule has 0 bridgehead atoms. The molecule has 0 aromatic heterocycles. The van der Waals surface area contributed by atoms with Gasteiger partial charge in [-0.15, -0.1) is 0 Å². The van der Waals surface area contributed by atoms with Crippen LogP contribution in [0.2, 0.25) is 0 Å². The van der Waals surface area contributed by atoms with Crippen molar-refractivity contribution < 1.29 is 9.84 Å². The van der Waals surface area contributed by atoms with Gasteiger partial charge < -0.3 is 9.84 Å². The summed E-state index contributed by atoms with van der Waals surface area (Å²) in [7, 11) is 0. The fourth-order valence-electron chi connectivity index (χ4n) is 3.61. The number of hydrogen-bond donors (Lipinski definition) is 1. The molecule has 1 heterocycles. The molecule has 20 heavy (non-hydrogen) atoms. The number of hydrogen-bond acceptors (Lipinski definition) is 2. The number of aliphatic hydroxyl groups excluding tert-OH is 1. The van der Waals surface area contributed by atoms with Gasteiger partial charge in [0, 0.05) is 4.47 Å². The van der Waals surface area contributed by atoms with E-state index in [0.29, 0.717) is 5.92 Å². The standard InChI is InChI=1S/C17H23BrO2/c18-14-5-8-16-13(9-10-20-17(16)11-14)4-1-12-2-6-15(19)7-3-12/h5,8,11-13,15,19H,1-4,6-7,9-10H2. The van der Waals surface area contributed by atoms with Gasteiger partial charge in [0.25, 0.3) is 0 Å². The Kier molecular flexibility index (Phi) is 4.67. The van der Waals surface area contributed by atoms with E-state index in [0.717, 1.165) is 42.0 Å². The van der Waals surface area contributed by atoms with Gasteiger partial charge in [-0.1, -0.05) is 22.0 Å². The summed E-state index contributed by atoms with van der Waals surface area (Å²) in [5.74, 6) is 2.54. The molecule has 1 aliphatic heterocycles. The highest BCUT2D eigenvalue weighted by Gasteiger charge is 2.24. The van der Waals surface area contributed by atoms with Crippen molar-refractivity contribution in [2.45, 2.75) is 57.0 Å². The van der Waals surface area contributed by atoms with Crippen LogP contribution in [0.15, 0.2) is 22.7 Å². The van der Waals surface area contributed by atoms with Crippen molar-refractivity contribution in [1.29, 1.82) is 0 Å². The highest BCUT2D eigenvalue weighted by atomic mass is 79.9. The van der Waals surface area contributed by atoms with Crippen molar-refractivity contribution in [3.63, 3.8) is 0 Å². The molecule has 0 spiro atoms. The van der Waals surface area contributed by atoms with Crippen LogP contribution in [0.4, 0.5) is 0 Å². The van der Waals surface area contributed by atoms with Crippen molar-refractivity contribution in [2.75, 3.05) is 6.61 Å². The van der Waals surface area contributed by atoms with E-state index in [1.807, 2.05) is 0 Å². The van der Waals surface area contributed by atoms with Crippen LogP contribution in [0.25, 0.3) is 0 Å². The zero-order chi connectivity index (χ0) is 13.9. The summed E-state index contributed by atoms with van der Waals surface area (Å²) >= 11 is 3.51. The first kappa shape index (κ1) is 14.4. The molecule has 2 nitrogen and oxygen atoms in total. The molecular weight excluding hydrogens is 316 g/mol. The van der Waals surface area contributed by atoms with Crippen LogP contribution in [-0.2, 0) is 0 Å². The third-order valence-electron chi connectivity index (χ3n) is 4.88. The first-order chi connectivity index (χ1) is 9.72. The molecule has 0 radical (unpaired) electrons. The molecule has 1 N–H and O–H groups in total. The maximum Gasteiger partial charge on any atom is 0.123 e. The number of halogens is 1. The van der Waals surface area contributed by atoms with Crippen LogP contribution < -0.4 is 4.74 Å². The Morgan fingerprint density at radius 1 is 1.10 bits per heavy atom. The second-order valence-electron chi connectivity index (χ2n) is 6.27. The van der Waals surface area contributed by atoms with E-state index in [4.69, 9.17) is 4.74 Å². The van der Waals surface area contributed by atoms with Gasteiger partial charge in [-0.25, -0.2) is 0 Å². The van der Waals surface area contributed by atoms with Crippen molar-refractivity contribution in [3.8, 4) is 5.75 Å². The molecule has 1 aliphatic carbocycles. The minimum absolute atomic E-state index is 0.0348. The molecule has 1 aromatic carbocycles. The van der Waals surface area contributed by atoms with E-state index in [2.05, 4.69) is 34.1 Å². The lowest BCUT2D eigenvalue weighted by molar-refractivity contribution is 0.105. The van der Waals surface area contributed by atoms with Crippen LogP contribution in [0, 0.1) is 5.92 Å². The van der Waals surface area contributed by atoms with Gasteiger partial charge in [-0.3, -0.25) is 0 Å². The van der Waals surface area contributed by atoms with E-state index in [-0.39, 0.29) is 6.10 Å². The summed E-state index contributed by atoms with van der Waals surface area (Å²) in [5, 5.41) is 9.58. The average Bonchev–Trinajstić information content (AvgIpc) is 2.46. The van der Waals surface area contributed by atoms with Crippen molar-refractivity contribution >= 4 is 15.9 Å². The van der Waals surface area contributed by atoms with Crippen LogP contribution in [-0.4, -0.2) is 17.8 Å². The van der Waals surface area contributed by atoms with Crippen LogP contribution >= 0.6 is 15.9 Å². The van der Waals surface area contributed by atoms with Crippen LogP contribution in [0.1, 0.15) is 56.4 Å². The van der Waals surface area contributed by atoms with E-state index >= 15 is 0 Å². The van der Waals surface area contributed by atoms with E-state index < -0.39 is 0 Å². The second kappa shape index (κ2) is 6.48. The predicted molar refractivity (Wildman–Crippen MR) is 84.2 cm³/mol. The maximum absolute atomic E-state index is 9.58. The molecule has 1 atom stereocenters. The molecule has 1 saturated carbocycles. The molecule has 110 valence electrons. The molecular formula is C17H23BrO2. The largest absolute Gasteiger partial charge is 0.493 e. The topological polar surface area (TPSA) is 29.5 Å². The van der Waals surface area contributed by atoms with Crippen molar-refractivity contribution in [1.82, 2.24) is 0 Å². The molecule has 1 unspecified atom stereocenters. The van der Waals surface area contributed by atoms with Gasteiger partial charge in [0.1, 0.15) is 5.75 Å². The normalized spacial score (nSPS) is 29.6. The molecule has 2 aliphatic rings. The van der Waals surface area contributed by atoms with Gasteiger partial charge in [0.05, 0.1) is 12.7 Å². The molecule has 0 saturated heterocycles. The predicted octanol–water partition coefficient (Wildman–Crippen LogP) is 4.65. The summed E-state index contributed by atoms with van der Waals surface area (Å²) in [6, 6.07) is 6.43. The second-order valence-corrected chi connectivity index (χ2v) is 7.18. The zero-order valence-corrected chi connectivity index (χ0v) is 13.4. The van der Waals surface area contributed by atoms with Gasteiger partial charge in [0.15, 0.2) is 0 Å². The summed E-state index contributed by atoms with van der Waals surface area (Å²) < 4.78 is 6.87. The van der Waals surface area contributed by atoms with Gasteiger partial charge in [-0.05, 0) is 74.5 Å².